The van der Waals surface area contributed by atoms with Gasteiger partial charge in [0.2, 0.25) is 0 Å². The average Bonchev–Trinajstić information content (AvgIpc) is 2.29. The van der Waals surface area contributed by atoms with E-state index in [4.69, 9.17) is 5.73 Å². The summed E-state index contributed by atoms with van der Waals surface area (Å²) >= 11 is 0. The predicted molar refractivity (Wildman–Crippen MR) is 66.4 cm³/mol. The van der Waals surface area contributed by atoms with E-state index in [9.17, 15) is 4.79 Å². The van der Waals surface area contributed by atoms with E-state index < -0.39 is 5.54 Å². The molecule has 0 radical (unpaired) electrons. The van der Waals surface area contributed by atoms with Gasteiger partial charge in [0.05, 0.1) is 11.7 Å². The van der Waals surface area contributed by atoms with Crippen molar-refractivity contribution in [3.8, 4) is 0 Å². The van der Waals surface area contributed by atoms with Crippen molar-refractivity contribution in [2.24, 2.45) is 11.7 Å². The van der Waals surface area contributed by atoms with Gasteiger partial charge in [0.1, 0.15) is 5.69 Å². The molecule has 17 heavy (non-hydrogen) atoms. The number of amides is 1. The molecule has 1 atom stereocenters. The van der Waals surface area contributed by atoms with Crippen LogP contribution in [-0.2, 0) is 0 Å². The first-order chi connectivity index (χ1) is 7.97. The van der Waals surface area contributed by atoms with Gasteiger partial charge in [-0.05, 0) is 19.3 Å². The first-order valence-electron chi connectivity index (χ1n) is 5.75. The van der Waals surface area contributed by atoms with Gasteiger partial charge in [-0.2, -0.15) is 0 Å². The summed E-state index contributed by atoms with van der Waals surface area (Å²) in [5.41, 5.74) is 5.65. The van der Waals surface area contributed by atoms with Gasteiger partial charge in [-0.1, -0.05) is 13.8 Å². The van der Waals surface area contributed by atoms with Crippen LogP contribution in [0.4, 0.5) is 0 Å². The molecule has 0 aromatic carbocycles. The third kappa shape index (κ3) is 4.11. The van der Waals surface area contributed by atoms with E-state index in [0.717, 1.165) is 6.42 Å². The molecule has 1 rings (SSSR count). The predicted octanol–water partition coefficient (Wildman–Crippen LogP) is 0.970. The quantitative estimate of drug-likeness (QED) is 0.798. The van der Waals surface area contributed by atoms with Crippen LogP contribution in [0.1, 0.15) is 37.7 Å². The molecule has 0 saturated carbocycles. The smallest absolute Gasteiger partial charge is 0.271 e. The van der Waals surface area contributed by atoms with Crippen molar-refractivity contribution in [1.29, 1.82) is 0 Å². The van der Waals surface area contributed by atoms with Crippen molar-refractivity contribution in [2.45, 2.75) is 32.7 Å². The average molecular weight is 236 g/mol. The van der Waals surface area contributed by atoms with Crippen LogP contribution >= 0.6 is 0 Å². The summed E-state index contributed by atoms with van der Waals surface area (Å²) < 4.78 is 0. The molecule has 0 saturated heterocycles. The van der Waals surface area contributed by atoms with Gasteiger partial charge in [-0.25, -0.2) is 4.98 Å². The van der Waals surface area contributed by atoms with E-state index in [1.165, 1.54) is 18.6 Å². The summed E-state index contributed by atoms with van der Waals surface area (Å²) in [5.74, 6) is 0.234. The Balaban J connectivity index is 2.72. The zero-order valence-corrected chi connectivity index (χ0v) is 10.6. The first kappa shape index (κ1) is 13.6. The fourth-order valence-electron chi connectivity index (χ4n) is 1.84. The Morgan fingerprint density at radius 3 is 2.71 bits per heavy atom. The van der Waals surface area contributed by atoms with Crippen molar-refractivity contribution in [1.82, 2.24) is 15.3 Å². The third-order valence-corrected chi connectivity index (χ3v) is 2.52. The Morgan fingerprint density at radius 1 is 1.53 bits per heavy atom. The minimum absolute atomic E-state index is 0.230. The van der Waals surface area contributed by atoms with Crippen LogP contribution < -0.4 is 11.1 Å². The Bertz CT molecular complexity index is 366. The fraction of sp³-hybridized carbons (Fsp3) is 0.583. The third-order valence-electron chi connectivity index (χ3n) is 2.52. The standard InChI is InChI=1S/C12H20N4O/c1-9(2)6-12(3,8-13)16-11(17)10-7-14-4-5-15-10/h4-5,7,9H,6,8,13H2,1-3H3,(H,16,17). The minimum atomic E-state index is -0.400. The lowest BCUT2D eigenvalue weighted by molar-refractivity contribution is 0.0892. The van der Waals surface area contributed by atoms with Crippen LogP contribution in [0, 0.1) is 5.92 Å². The lowest BCUT2D eigenvalue weighted by atomic mass is 9.90. The molecular formula is C12H20N4O. The number of aromatic nitrogens is 2. The second-order valence-corrected chi connectivity index (χ2v) is 4.91. The van der Waals surface area contributed by atoms with E-state index >= 15 is 0 Å². The van der Waals surface area contributed by atoms with Gasteiger partial charge < -0.3 is 11.1 Å². The molecule has 0 fully saturated rings. The summed E-state index contributed by atoms with van der Waals surface area (Å²) in [6.07, 6.45) is 5.31. The molecule has 0 bridgehead atoms. The van der Waals surface area contributed by atoms with Crippen molar-refractivity contribution in [3.63, 3.8) is 0 Å². The van der Waals surface area contributed by atoms with Crippen molar-refractivity contribution >= 4 is 5.91 Å². The molecule has 0 spiro atoms. The van der Waals surface area contributed by atoms with Crippen LogP contribution in [0.15, 0.2) is 18.6 Å². The van der Waals surface area contributed by atoms with Crippen molar-refractivity contribution in [3.05, 3.63) is 24.3 Å². The maximum absolute atomic E-state index is 11.9. The molecule has 0 aliphatic carbocycles. The molecule has 1 aromatic heterocycles. The van der Waals surface area contributed by atoms with Crippen LogP contribution in [0.25, 0.3) is 0 Å². The summed E-state index contributed by atoms with van der Waals surface area (Å²) in [4.78, 5) is 19.8. The molecular weight excluding hydrogens is 216 g/mol. The Hall–Kier alpha value is -1.49. The highest BCUT2D eigenvalue weighted by molar-refractivity contribution is 5.92. The molecule has 5 heteroatoms. The topological polar surface area (TPSA) is 80.9 Å². The summed E-state index contributed by atoms with van der Waals surface area (Å²) in [5, 5.41) is 2.92. The van der Waals surface area contributed by atoms with Gasteiger partial charge in [-0.15, -0.1) is 0 Å². The van der Waals surface area contributed by atoms with Crippen LogP contribution in [0.3, 0.4) is 0 Å². The first-order valence-corrected chi connectivity index (χ1v) is 5.75. The second kappa shape index (κ2) is 5.72. The lowest BCUT2D eigenvalue weighted by Crippen LogP contribution is -2.52. The van der Waals surface area contributed by atoms with E-state index in [2.05, 4.69) is 29.1 Å². The number of nitrogens with zero attached hydrogens (tertiary/aromatic N) is 2. The number of hydrogen-bond donors (Lipinski definition) is 2. The van der Waals surface area contributed by atoms with Crippen molar-refractivity contribution in [2.75, 3.05) is 6.54 Å². The normalized spacial score (nSPS) is 14.4. The molecule has 0 aliphatic rings. The zero-order chi connectivity index (χ0) is 12.9. The van der Waals surface area contributed by atoms with E-state index in [0.29, 0.717) is 18.2 Å². The number of nitrogens with one attached hydrogen (secondary N) is 1. The molecule has 1 heterocycles. The number of rotatable bonds is 5. The number of nitrogens with two attached hydrogens (primary N) is 1. The van der Waals surface area contributed by atoms with Gasteiger partial charge in [0.25, 0.3) is 5.91 Å². The number of carbonyl (C=O) groups is 1. The highest BCUT2D eigenvalue weighted by Gasteiger charge is 2.26. The van der Waals surface area contributed by atoms with Gasteiger partial charge >= 0.3 is 0 Å². The fourth-order valence-corrected chi connectivity index (χ4v) is 1.84. The molecule has 1 unspecified atom stereocenters. The SMILES string of the molecule is CC(C)CC(C)(CN)NC(=O)c1cnccn1. The molecule has 94 valence electrons. The molecule has 3 N–H and O–H groups in total. The van der Waals surface area contributed by atoms with Crippen LogP contribution in [0.5, 0.6) is 0 Å². The molecule has 5 nitrogen and oxygen atoms in total. The Labute approximate surface area is 102 Å². The molecule has 1 aromatic rings. The van der Waals surface area contributed by atoms with E-state index in [1.54, 1.807) is 0 Å². The highest BCUT2D eigenvalue weighted by Crippen LogP contribution is 2.15. The zero-order valence-electron chi connectivity index (χ0n) is 10.6. The number of hydrogen-bond acceptors (Lipinski definition) is 4. The summed E-state index contributed by atoms with van der Waals surface area (Å²) in [6.45, 7) is 6.54. The maximum Gasteiger partial charge on any atom is 0.271 e. The largest absolute Gasteiger partial charge is 0.344 e. The number of carbonyl (C=O) groups excluding carboxylic acids is 1. The van der Waals surface area contributed by atoms with Gasteiger partial charge in [0, 0.05) is 18.9 Å². The van der Waals surface area contributed by atoms with E-state index in [1.807, 2.05) is 6.92 Å². The summed E-state index contributed by atoms with van der Waals surface area (Å²) in [6, 6.07) is 0. The Morgan fingerprint density at radius 2 is 2.24 bits per heavy atom. The monoisotopic (exact) mass is 236 g/mol. The summed E-state index contributed by atoms with van der Waals surface area (Å²) in [7, 11) is 0. The van der Waals surface area contributed by atoms with Crippen LogP contribution in [-0.4, -0.2) is 28.0 Å². The van der Waals surface area contributed by atoms with E-state index in [-0.39, 0.29) is 5.91 Å². The minimum Gasteiger partial charge on any atom is -0.344 e. The van der Waals surface area contributed by atoms with Gasteiger partial charge in [0.15, 0.2) is 0 Å². The second-order valence-electron chi connectivity index (χ2n) is 4.91. The van der Waals surface area contributed by atoms with Crippen LogP contribution in [0.2, 0.25) is 0 Å². The Kier molecular flexibility index (Phi) is 4.57. The molecule has 0 aliphatic heterocycles. The van der Waals surface area contributed by atoms with Gasteiger partial charge in [-0.3, -0.25) is 9.78 Å². The highest BCUT2D eigenvalue weighted by atomic mass is 16.2. The maximum atomic E-state index is 11.9. The van der Waals surface area contributed by atoms with Crippen molar-refractivity contribution < 1.29 is 4.79 Å². The lowest BCUT2D eigenvalue weighted by Gasteiger charge is -2.30. The molecule has 1 amide bonds.